The Morgan fingerprint density at radius 1 is 1.17 bits per heavy atom. The predicted octanol–water partition coefficient (Wildman–Crippen LogP) is 2.03. The Hall–Kier alpha value is -2.93. The number of piperazine rings is 1. The number of carbonyl (C=O) groups is 1. The van der Waals surface area contributed by atoms with Gasteiger partial charge in [0, 0.05) is 49.5 Å². The molecule has 0 unspecified atom stereocenters. The lowest BCUT2D eigenvalue weighted by molar-refractivity contribution is 0.197. The van der Waals surface area contributed by atoms with E-state index in [1.165, 1.54) is 4.57 Å². The van der Waals surface area contributed by atoms with E-state index in [2.05, 4.69) is 20.2 Å². The number of anilines is 1. The van der Waals surface area contributed by atoms with Gasteiger partial charge in [0.2, 0.25) is 5.95 Å². The molecule has 0 aliphatic carbocycles. The van der Waals surface area contributed by atoms with Gasteiger partial charge in [0.15, 0.2) is 0 Å². The van der Waals surface area contributed by atoms with Crippen molar-refractivity contribution < 1.29 is 9.90 Å². The molecule has 2 aromatic heterocycles. The second-order valence-corrected chi connectivity index (χ2v) is 5.69. The number of para-hydroxylation sites is 1. The monoisotopic (exact) mass is 323 g/mol. The fourth-order valence-electron chi connectivity index (χ4n) is 3.06. The molecule has 7 nitrogen and oxygen atoms in total. The summed E-state index contributed by atoms with van der Waals surface area (Å²) in [5.41, 5.74) is 2.18. The van der Waals surface area contributed by atoms with Crippen molar-refractivity contribution in [1.82, 2.24) is 19.9 Å². The molecule has 7 heteroatoms. The lowest BCUT2D eigenvalue weighted by atomic mass is 10.1. The number of aromatic nitrogens is 3. The maximum atomic E-state index is 11.5. The first-order chi connectivity index (χ1) is 11.7. The molecule has 1 aliphatic rings. The molecule has 0 bridgehead atoms. The van der Waals surface area contributed by atoms with Gasteiger partial charge in [0.25, 0.3) is 0 Å². The molecule has 2 N–H and O–H groups in total. The highest BCUT2D eigenvalue weighted by Gasteiger charge is 2.17. The van der Waals surface area contributed by atoms with Crippen molar-refractivity contribution in [2.24, 2.45) is 0 Å². The van der Waals surface area contributed by atoms with Crippen LogP contribution < -0.4 is 10.2 Å². The van der Waals surface area contributed by atoms with E-state index in [0.29, 0.717) is 11.5 Å². The van der Waals surface area contributed by atoms with Gasteiger partial charge < -0.3 is 15.3 Å². The third-order valence-electron chi connectivity index (χ3n) is 4.24. The Morgan fingerprint density at radius 2 is 1.96 bits per heavy atom. The largest absolute Gasteiger partial charge is 0.464 e. The van der Waals surface area contributed by atoms with Crippen LogP contribution in [0, 0.1) is 0 Å². The van der Waals surface area contributed by atoms with Gasteiger partial charge in [0.1, 0.15) is 0 Å². The predicted molar refractivity (Wildman–Crippen MR) is 91.5 cm³/mol. The standard InChI is InChI=1S/C17H17N5O2/c23-17(24)22-11-13(12-3-1-2-4-15(12)22)14-5-6-19-16(20-14)21-9-7-18-8-10-21/h1-6,11,18H,7-10H2,(H,23,24). The Bertz CT molecular complexity index is 899. The molecule has 3 aromatic rings. The molecule has 0 radical (unpaired) electrons. The number of nitrogens with one attached hydrogen (secondary N) is 1. The van der Waals surface area contributed by atoms with Crippen molar-refractivity contribution in [3.8, 4) is 11.3 Å². The summed E-state index contributed by atoms with van der Waals surface area (Å²) in [6, 6.07) is 9.26. The van der Waals surface area contributed by atoms with E-state index in [-0.39, 0.29) is 0 Å². The van der Waals surface area contributed by atoms with Crippen LogP contribution >= 0.6 is 0 Å². The van der Waals surface area contributed by atoms with Crippen LogP contribution in [0.2, 0.25) is 0 Å². The number of hydrogen-bond donors (Lipinski definition) is 2. The van der Waals surface area contributed by atoms with Crippen LogP contribution in [-0.2, 0) is 0 Å². The van der Waals surface area contributed by atoms with Crippen molar-refractivity contribution in [1.29, 1.82) is 0 Å². The fraction of sp³-hybridized carbons (Fsp3) is 0.235. The van der Waals surface area contributed by atoms with E-state index in [1.807, 2.05) is 24.3 Å². The first-order valence-corrected chi connectivity index (χ1v) is 7.86. The Morgan fingerprint density at radius 3 is 2.75 bits per heavy atom. The van der Waals surface area contributed by atoms with E-state index < -0.39 is 6.09 Å². The lowest BCUT2D eigenvalue weighted by Gasteiger charge is -2.27. The van der Waals surface area contributed by atoms with Crippen LogP contribution in [0.4, 0.5) is 10.7 Å². The summed E-state index contributed by atoms with van der Waals surface area (Å²) in [6.07, 6.45) is 2.34. The quantitative estimate of drug-likeness (QED) is 0.751. The van der Waals surface area contributed by atoms with Crippen molar-refractivity contribution in [3.63, 3.8) is 0 Å². The normalized spacial score (nSPS) is 14.9. The molecule has 0 saturated carbocycles. The zero-order valence-electron chi connectivity index (χ0n) is 13.0. The highest BCUT2D eigenvalue weighted by Crippen LogP contribution is 2.30. The number of rotatable bonds is 2. The maximum Gasteiger partial charge on any atom is 0.416 e. The van der Waals surface area contributed by atoms with Gasteiger partial charge in [0.05, 0.1) is 11.2 Å². The SMILES string of the molecule is O=C(O)n1cc(-c2ccnc(N3CCNCC3)n2)c2ccccc21. The van der Waals surface area contributed by atoms with E-state index in [1.54, 1.807) is 18.5 Å². The van der Waals surface area contributed by atoms with Crippen molar-refractivity contribution in [2.75, 3.05) is 31.1 Å². The first kappa shape index (κ1) is 14.6. The average Bonchev–Trinajstić information content (AvgIpc) is 3.03. The van der Waals surface area contributed by atoms with Gasteiger partial charge in [-0.2, -0.15) is 0 Å². The highest BCUT2D eigenvalue weighted by atomic mass is 16.4. The van der Waals surface area contributed by atoms with Crippen LogP contribution in [0.5, 0.6) is 0 Å². The number of benzene rings is 1. The molecule has 122 valence electrons. The minimum atomic E-state index is -1.01. The van der Waals surface area contributed by atoms with E-state index >= 15 is 0 Å². The van der Waals surface area contributed by atoms with Gasteiger partial charge >= 0.3 is 6.09 Å². The van der Waals surface area contributed by atoms with E-state index in [0.717, 1.165) is 42.8 Å². The minimum Gasteiger partial charge on any atom is -0.464 e. The molecule has 24 heavy (non-hydrogen) atoms. The van der Waals surface area contributed by atoms with Gasteiger partial charge in [-0.05, 0) is 12.1 Å². The molecule has 4 rings (SSSR count). The third-order valence-corrected chi connectivity index (χ3v) is 4.24. The molecular weight excluding hydrogens is 306 g/mol. The lowest BCUT2D eigenvalue weighted by Crippen LogP contribution is -2.44. The average molecular weight is 323 g/mol. The van der Waals surface area contributed by atoms with E-state index in [9.17, 15) is 9.90 Å². The second-order valence-electron chi connectivity index (χ2n) is 5.69. The number of carboxylic acid groups (broad SMARTS) is 1. The van der Waals surface area contributed by atoms with Crippen molar-refractivity contribution in [3.05, 3.63) is 42.7 Å². The molecule has 1 saturated heterocycles. The number of nitrogens with zero attached hydrogens (tertiary/aromatic N) is 4. The van der Waals surface area contributed by atoms with E-state index in [4.69, 9.17) is 0 Å². The van der Waals surface area contributed by atoms with Gasteiger partial charge in [-0.25, -0.2) is 14.8 Å². The third kappa shape index (κ3) is 2.48. The summed E-state index contributed by atoms with van der Waals surface area (Å²) in [6.45, 7) is 3.54. The fourth-order valence-corrected chi connectivity index (χ4v) is 3.06. The molecule has 1 aromatic carbocycles. The molecule has 0 amide bonds. The minimum absolute atomic E-state index is 0.655. The topological polar surface area (TPSA) is 83.3 Å². The van der Waals surface area contributed by atoms with Crippen LogP contribution in [0.15, 0.2) is 42.7 Å². The van der Waals surface area contributed by atoms with Crippen LogP contribution in [0.1, 0.15) is 0 Å². The zero-order valence-corrected chi connectivity index (χ0v) is 13.0. The number of hydrogen-bond acceptors (Lipinski definition) is 5. The Balaban J connectivity index is 1.81. The van der Waals surface area contributed by atoms with Crippen molar-refractivity contribution >= 4 is 22.9 Å². The summed E-state index contributed by atoms with van der Waals surface area (Å²) in [7, 11) is 0. The summed E-state index contributed by atoms with van der Waals surface area (Å²) >= 11 is 0. The van der Waals surface area contributed by atoms with Crippen LogP contribution in [0.3, 0.4) is 0 Å². The Kier molecular flexibility index (Phi) is 3.62. The van der Waals surface area contributed by atoms with Gasteiger partial charge in [-0.3, -0.25) is 4.57 Å². The zero-order chi connectivity index (χ0) is 16.5. The second kappa shape index (κ2) is 5.93. The van der Waals surface area contributed by atoms with Crippen molar-refractivity contribution in [2.45, 2.75) is 0 Å². The Labute approximate surface area is 138 Å². The molecule has 1 fully saturated rings. The van der Waals surface area contributed by atoms with Crippen LogP contribution in [0.25, 0.3) is 22.2 Å². The molecular formula is C17H17N5O2. The molecule has 3 heterocycles. The molecule has 0 spiro atoms. The summed E-state index contributed by atoms with van der Waals surface area (Å²) in [5.74, 6) is 0.682. The smallest absolute Gasteiger partial charge is 0.416 e. The first-order valence-electron chi connectivity index (χ1n) is 7.86. The number of fused-ring (bicyclic) bond motifs is 1. The summed E-state index contributed by atoms with van der Waals surface area (Å²) in [4.78, 5) is 22.7. The summed E-state index contributed by atoms with van der Waals surface area (Å²) in [5, 5.41) is 13.6. The highest BCUT2D eigenvalue weighted by molar-refractivity contribution is 5.99. The molecule has 0 atom stereocenters. The van der Waals surface area contributed by atoms with Gasteiger partial charge in [-0.1, -0.05) is 18.2 Å². The van der Waals surface area contributed by atoms with Crippen LogP contribution in [-0.4, -0.2) is 51.9 Å². The maximum absolute atomic E-state index is 11.5. The summed E-state index contributed by atoms with van der Waals surface area (Å²) < 4.78 is 1.23. The molecule has 1 aliphatic heterocycles. The van der Waals surface area contributed by atoms with Gasteiger partial charge in [-0.15, -0.1) is 0 Å².